The van der Waals surface area contributed by atoms with E-state index in [4.69, 9.17) is 5.11 Å². The molecule has 0 aromatic carbocycles. The van der Waals surface area contributed by atoms with Gasteiger partial charge < -0.3 is 10.0 Å². The van der Waals surface area contributed by atoms with E-state index in [0.29, 0.717) is 39.1 Å². The summed E-state index contributed by atoms with van der Waals surface area (Å²) in [6.45, 7) is 2.96. The van der Waals surface area contributed by atoms with Crippen LogP contribution in [0, 0.1) is 0 Å². The molecule has 0 bridgehead atoms. The van der Waals surface area contributed by atoms with E-state index in [9.17, 15) is 9.59 Å². The van der Waals surface area contributed by atoms with E-state index in [1.54, 1.807) is 22.0 Å². The average molecular weight is 267 g/mol. The number of hydrogen-bond acceptors (Lipinski definition) is 5. The Morgan fingerprint density at radius 2 is 1.95 bits per heavy atom. The van der Waals surface area contributed by atoms with Crippen molar-refractivity contribution < 1.29 is 14.7 Å². The molecule has 1 aliphatic rings. The molecule has 1 saturated heterocycles. The van der Waals surface area contributed by atoms with Crippen LogP contribution >= 0.6 is 0 Å². The number of aliphatic carboxylic acids is 1. The van der Waals surface area contributed by atoms with Crippen molar-refractivity contribution >= 4 is 11.9 Å². The van der Waals surface area contributed by atoms with Gasteiger partial charge in [0.2, 0.25) is 5.91 Å². The Bertz CT molecular complexity index is 426. The van der Waals surface area contributed by atoms with Crippen LogP contribution in [-0.2, 0) is 16.1 Å². The third-order valence-electron chi connectivity index (χ3n) is 3.11. The monoisotopic (exact) mass is 267 g/mol. The zero-order valence-electron chi connectivity index (χ0n) is 10.6. The van der Waals surface area contributed by atoms with Gasteiger partial charge in [0.15, 0.2) is 0 Å². The smallest absolute Gasteiger partial charge is 0.317 e. The molecule has 1 fully saturated rings. The third kappa shape index (κ3) is 4.02. The van der Waals surface area contributed by atoms with Gasteiger partial charge in [-0.25, -0.2) is 0 Å². The SMILES string of the molecule is O=C(O)CN1CCN(C(=O)CCn2ccnn2)CC1. The van der Waals surface area contributed by atoms with Crippen LogP contribution in [0.5, 0.6) is 0 Å². The Hall–Kier alpha value is -1.96. The van der Waals surface area contributed by atoms with E-state index >= 15 is 0 Å². The molecule has 2 heterocycles. The molecule has 1 amide bonds. The Labute approximate surface area is 110 Å². The number of aromatic nitrogens is 3. The van der Waals surface area contributed by atoms with E-state index in [2.05, 4.69) is 10.3 Å². The second-order valence-electron chi connectivity index (χ2n) is 4.47. The summed E-state index contributed by atoms with van der Waals surface area (Å²) in [6.07, 6.45) is 3.69. The van der Waals surface area contributed by atoms with Crippen LogP contribution in [0.2, 0.25) is 0 Å². The molecule has 0 saturated carbocycles. The second-order valence-corrected chi connectivity index (χ2v) is 4.47. The highest BCUT2D eigenvalue weighted by atomic mass is 16.4. The van der Waals surface area contributed by atoms with Gasteiger partial charge in [0.25, 0.3) is 0 Å². The number of carbonyl (C=O) groups excluding carboxylic acids is 1. The molecule has 19 heavy (non-hydrogen) atoms. The summed E-state index contributed by atoms with van der Waals surface area (Å²) >= 11 is 0. The lowest BCUT2D eigenvalue weighted by Crippen LogP contribution is -2.50. The molecule has 8 nitrogen and oxygen atoms in total. The molecule has 1 aromatic heterocycles. The summed E-state index contributed by atoms with van der Waals surface area (Å²) in [5, 5.41) is 16.2. The van der Waals surface area contributed by atoms with Crippen LogP contribution in [0.1, 0.15) is 6.42 Å². The number of aryl methyl sites for hydroxylation is 1. The maximum absolute atomic E-state index is 12.0. The number of hydrogen-bond donors (Lipinski definition) is 1. The van der Waals surface area contributed by atoms with Crippen molar-refractivity contribution in [2.45, 2.75) is 13.0 Å². The summed E-state index contributed by atoms with van der Waals surface area (Å²) < 4.78 is 1.62. The van der Waals surface area contributed by atoms with E-state index in [-0.39, 0.29) is 12.5 Å². The van der Waals surface area contributed by atoms with Gasteiger partial charge >= 0.3 is 5.97 Å². The maximum atomic E-state index is 12.0. The summed E-state index contributed by atoms with van der Waals surface area (Å²) in [5.74, 6) is -0.753. The first-order valence-electron chi connectivity index (χ1n) is 6.21. The Balaban J connectivity index is 1.71. The molecule has 0 atom stereocenters. The fraction of sp³-hybridized carbons (Fsp3) is 0.636. The lowest BCUT2D eigenvalue weighted by atomic mass is 10.2. The van der Waals surface area contributed by atoms with Crippen molar-refractivity contribution in [1.29, 1.82) is 0 Å². The normalized spacial score (nSPS) is 16.5. The molecule has 1 aromatic rings. The summed E-state index contributed by atoms with van der Waals surface area (Å²) in [7, 11) is 0. The number of piperazine rings is 1. The molecular formula is C11H17N5O3. The van der Waals surface area contributed by atoms with Gasteiger partial charge in [-0.05, 0) is 0 Å². The minimum atomic E-state index is -0.828. The van der Waals surface area contributed by atoms with Crippen molar-refractivity contribution in [1.82, 2.24) is 24.8 Å². The molecule has 1 aliphatic heterocycles. The largest absolute Gasteiger partial charge is 0.480 e. The van der Waals surface area contributed by atoms with Gasteiger partial charge in [0.05, 0.1) is 19.3 Å². The van der Waals surface area contributed by atoms with Crippen LogP contribution < -0.4 is 0 Å². The molecule has 8 heteroatoms. The predicted molar refractivity (Wildman–Crippen MR) is 65.3 cm³/mol. The highest BCUT2D eigenvalue weighted by Gasteiger charge is 2.21. The highest BCUT2D eigenvalue weighted by Crippen LogP contribution is 2.04. The van der Waals surface area contributed by atoms with Gasteiger partial charge in [-0.15, -0.1) is 5.10 Å². The highest BCUT2D eigenvalue weighted by molar-refractivity contribution is 5.76. The van der Waals surface area contributed by atoms with Gasteiger partial charge in [0, 0.05) is 38.8 Å². The van der Waals surface area contributed by atoms with Crippen molar-refractivity contribution in [3.63, 3.8) is 0 Å². The van der Waals surface area contributed by atoms with Crippen LogP contribution in [0.3, 0.4) is 0 Å². The van der Waals surface area contributed by atoms with Crippen molar-refractivity contribution in [3.05, 3.63) is 12.4 Å². The van der Waals surface area contributed by atoms with Gasteiger partial charge in [-0.3, -0.25) is 19.2 Å². The first kappa shape index (κ1) is 13.5. The van der Waals surface area contributed by atoms with E-state index in [1.165, 1.54) is 0 Å². The van der Waals surface area contributed by atoms with Gasteiger partial charge in [-0.1, -0.05) is 5.21 Å². The molecule has 0 radical (unpaired) electrons. The Kier molecular flexibility index (Phi) is 4.45. The average Bonchev–Trinajstić information content (AvgIpc) is 2.89. The molecule has 0 spiro atoms. The maximum Gasteiger partial charge on any atom is 0.317 e. The van der Waals surface area contributed by atoms with Crippen LogP contribution in [0.4, 0.5) is 0 Å². The first-order chi connectivity index (χ1) is 9.15. The van der Waals surface area contributed by atoms with Crippen LogP contribution in [0.15, 0.2) is 12.4 Å². The quantitative estimate of drug-likeness (QED) is 0.728. The molecule has 0 unspecified atom stereocenters. The predicted octanol–water partition coefficient (Wildman–Crippen LogP) is -1.10. The number of rotatable bonds is 5. The summed E-state index contributed by atoms with van der Waals surface area (Å²) in [6, 6.07) is 0. The number of carbonyl (C=O) groups is 2. The van der Waals surface area contributed by atoms with E-state index in [1.807, 2.05) is 4.90 Å². The fourth-order valence-corrected chi connectivity index (χ4v) is 2.07. The molecular weight excluding hydrogens is 250 g/mol. The third-order valence-corrected chi connectivity index (χ3v) is 3.11. The minimum Gasteiger partial charge on any atom is -0.480 e. The summed E-state index contributed by atoms with van der Waals surface area (Å²) in [5.41, 5.74) is 0. The number of carboxylic acids is 1. The first-order valence-corrected chi connectivity index (χ1v) is 6.21. The number of carboxylic acid groups (broad SMARTS) is 1. The van der Waals surface area contributed by atoms with Crippen molar-refractivity contribution in [3.8, 4) is 0 Å². The molecule has 1 N–H and O–H groups in total. The summed E-state index contributed by atoms with van der Waals surface area (Å²) in [4.78, 5) is 26.1. The lowest BCUT2D eigenvalue weighted by Gasteiger charge is -2.33. The van der Waals surface area contributed by atoms with E-state index in [0.717, 1.165) is 0 Å². The standard InChI is InChI=1S/C11H17N5O3/c17-10(1-3-16-4-2-12-13-16)15-7-5-14(6-8-15)9-11(18)19/h2,4H,1,3,5-9H2,(H,18,19). The fourth-order valence-electron chi connectivity index (χ4n) is 2.07. The van der Waals surface area contributed by atoms with Crippen LogP contribution in [0.25, 0.3) is 0 Å². The number of amides is 1. The topological polar surface area (TPSA) is 91.6 Å². The molecule has 104 valence electrons. The number of nitrogens with zero attached hydrogens (tertiary/aromatic N) is 5. The van der Waals surface area contributed by atoms with Crippen molar-refractivity contribution in [2.24, 2.45) is 0 Å². The Morgan fingerprint density at radius 3 is 2.53 bits per heavy atom. The lowest BCUT2D eigenvalue weighted by molar-refractivity contribution is -0.139. The van der Waals surface area contributed by atoms with Gasteiger partial charge in [-0.2, -0.15) is 0 Å². The minimum absolute atomic E-state index is 0.0426. The van der Waals surface area contributed by atoms with Crippen LogP contribution in [-0.4, -0.2) is 74.5 Å². The van der Waals surface area contributed by atoms with Gasteiger partial charge in [0.1, 0.15) is 0 Å². The Morgan fingerprint density at radius 1 is 1.21 bits per heavy atom. The zero-order valence-corrected chi connectivity index (χ0v) is 10.6. The second kappa shape index (κ2) is 6.28. The zero-order chi connectivity index (χ0) is 13.7. The van der Waals surface area contributed by atoms with Crippen molar-refractivity contribution in [2.75, 3.05) is 32.7 Å². The molecule has 2 rings (SSSR count). The van der Waals surface area contributed by atoms with E-state index < -0.39 is 5.97 Å². The molecule has 0 aliphatic carbocycles.